The summed E-state index contributed by atoms with van der Waals surface area (Å²) in [5.41, 5.74) is -5.26. The fourth-order valence-corrected chi connectivity index (χ4v) is 4.17. The van der Waals surface area contributed by atoms with Gasteiger partial charge in [0.25, 0.3) is 10.0 Å². The average molecular weight is 454 g/mol. The average Bonchev–Trinajstić information content (AvgIpc) is 2.96. The number of nitrogens with one attached hydrogen (secondary N) is 3. The van der Waals surface area contributed by atoms with Gasteiger partial charge in [-0.2, -0.15) is 21.6 Å². The van der Waals surface area contributed by atoms with Crippen molar-refractivity contribution >= 4 is 53.9 Å². The van der Waals surface area contributed by atoms with Gasteiger partial charge in [0, 0.05) is 17.3 Å². The molecule has 0 amide bonds. The van der Waals surface area contributed by atoms with Gasteiger partial charge in [-0.25, -0.2) is 8.42 Å². The molecule has 3 rings (SSSR count). The Balaban J connectivity index is 1.86. The van der Waals surface area contributed by atoms with Crippen molar-refractivity contribution in [1.29, 1.82) is 0 Å². The minimum absolute atomic E-state index is 0.214. The second-order valence-corrected chi connectivity index (χ2v) is 9.31. The third kappa shape index (κ3) is 3.88. The Morgan fingerprint density at radius 1 is 0.929 bits per heavy atom. The van der Waals surface area contributed by atoms with E-state index < -0.39 is 31.2 Å². The molecule has 0 atom stereocenters. The van der Waals surface area contributed by atoms with E-state index in [9.17, 15) is 30.0 Å². The maximum absolute atomic E-state index is 12.5. The molecule has 7 nitrogen and oxygen atoms in total. The highest BCUT2D eigenvalue weighted by Crippen LogP contribution is 2.30. The van der Waals surface area contributed by atoms with Crippen molar-refractivity contribution in [2.24, 2.45) is 0 Å². The lowest BCUT2D eigenvalue weighted by molar-refractivity contribution is -0.0429. The van der Waals surface area contributed by atoms with Gasteiger partial charge in [-0.15, -0.1) is 0 Å². The van der Waals surface area contributed by atoms with E-state index in [1.807, 2.05) is 0 Å². The van der Waals surface area contributed by atoms with Gasteiger partial charge >= 0.3 is 15.5 Å². The van der Waals surface area contributed by atoms with Crippen LogP contribution in [0.25, 0.3) is 10.9 Å². The third-order valence-electron chi connectivity index (χ3n) is 3.63. The van der Waals surface area contributed by atoms with Crippen LogP contribution in [0.15, 0.2) is 53.6 Å². The summed E-state index contributed by atoms with van der Waals surface area (Å²) in [7, 11) is -9.70. The van der Waals surface area contributed by atoms with Crippen molar-refractivity contribution in [2.75, 3.05) is 9.44 Å². The molecule has 0 saturated heterocycles. The number of alkyl halides is 3. The smallest absolute Gasteiger partial charge is 0.358 e. The molecule has 0 aliphatic carbocycles. The maximum Gasteiger partial charge on any atom is 0.516 e. The highest BCUT2D eigenvalue weighted by Gasteiger charge is 2.46. The van der Waals surface area contributed by atoms with Crippen LogP contribution in [-0.2, 0) is 20.0 Å². The Morgan fingerprint density at radius 2 is 1.57 bits per heavy atom. The van der Waals surface area contributed by atoms with Crippen molar-refractivity contribution in [1.82, 2.24) is 4.98 Å². The van der Waals surface area contributed by atoms with Crippen LogP contribution in [0.1, 0.15) is 0 Å². The van der Waals surface area contributed by atoms with Gasteiger partial charge in [0.2, 0.25) is 0 Å². The molecule has 0 unspecified atom stereocenters. The van der Waals surface area contributed by atoms with Crippen LogP contribution in [0.3, 0.4) is 0 Å². The number of aromatic amines is 1. The van der Waals surface area contributed by atoms with Crippen LogP contribution in [-0.4, -0.2) is 27.3 Å². The fourth-order valence-electron chi connectivity index (χ4n) is 2.32. The van der Waals surface area contributed by atoms with Crippen LogP contribution in [0.2, 0.25) is 5.02 Å². The lowest BCUT2D eigenvalue weighted by atomic mass is 10.2. The number of hydrogen-bond donors (Lipinski definition) is 3. The minimum Gasteiger partial charge on any atom is -0.358 e. The molecular formula is C15H11ClF3N3O4S2. The molecule has 28 heavy (non-hydrogen) atoms. The van der Waals surface area contributed by atoms with E-state index in [1.54, 1.807) is 12.1 Å². The van der Waals surface area contributed by atoms with Gasteiger partial charge in [0.1, 0.15) is 0 Å². The number of anilines is 2. The second-order valence-electron chi connectivity index (χ2n) is 5.55. The van der Waals surface area contributed by atoms with Gasteiger partial charge in [0.05, 0.1) is 21.1 Å². The molecule has 13 heteroatoms. The highest BCUT2D eigenvalue weighted by atomic mass is 35.5. The predicted octanol–water partition coefficient (Wildman–Crippen LogP) is 3.88. The molecular weight excluding hydrogens is 443 g/mol. The van der Waals surface area contributed by atoms with Crippen LogP contribution < -0.4 is 9.44 Å². The first-order chi connectivity index (χ1) is 12.9. The zero-order chi connectivity index (χ0) is 20.7. The van der Waals surface area contributed by atoms with Crippen LogP contribution >= 0.6 is 11.6 Å². The zero-order valence-electron chi connectivity index (χ0n) is 13.6. The second kappa shape index (κ2) is 6.87. The largest absolute Gasteiger partial charge is 0.516 e. The monoisotopic (exact) mass is 453 g/mol. The lowest BCUT2D eigenvalue weighted by Crippen LogP contribution is -2.29. The van der Waals surface area contributed by atoms with Crippen LogP contribution in [0, 0.1) is 0 Å². The van der Waals surface area contributed by atoms with Crippen molar-refractivity contribution in [3.8, 4) is 0 Å². The highest BCUT2D eigenvalue weighted by molar-refractivity contribution is 7.93. The van der Waals surface area contributed by atoms with Crippen LogP contribution in [0.4, 0.5) is 24.5 Å². The summed E-state index contributed by atoms with van der Waals surface area (Å²) in [5.74, 6) is 0. The van der Waals surface area contributed by atoms with Gasteiger partial charge < -0.3 is 4.98 Å². The molecule has 0 fully saturated rings. The molecule has 150 valence electrons. The number of H-pyrrole nitrogens is 1. The quantitative estimate of drug-likeness (QED) is 0.544. The summed E-state index contributed by atoms with van der Waals surface area (Å²) in [6.45, 7) is 0. The summed E-state index contributed by atoms with van der Waals surface area (Å²) in [5, 5.41) is 0.996. The molecule has 1 heterocycles. The van der Waals surface area contributed by atoms with Gasteiger partial charge in [-0.1, -0.05) is 23.7 Å². The molecule has 3 aromatic rings. The zero-order valence-corrected chi connectivity index (χ0v) is 16.0. The molecule has 0 spiro atoms. The molecule has 0 aliphatic heterocycles. The van der Waals surface area contributed by atoms with E-state index in [2.05, 4.69) is 9.71 Å². The summed E-state index contributed by atoms with van der Waals surface area (Å²) in [6, 6.07) is 8.53. The third-order valence-corrected chi connectivity index (χ3v) is 6.44. The summed E-state index contributed by atoms with van der Waals surface area (Å²) < 4.78 is 88.1. The topological polar surface area (TPSA) is 108 Å². The SMILES string of the molecule is O=S(=O)(Nc1cccc2c(Cl)c[nH]c12)c1ccc(NS(=O)(=O)C(F)(F)F)cc1. The molecule has 3 N–H and O–H groups in total. The number of para-hydroxylation sites is 1. The fraction of sp³-hybridized carbons (Fsp3) is 0.0667. The van der Waals surface area contributed by atoms with E-state index in [4.69, 9.17) is 11.6 Å². The molecule has 0 saturated carbocycles. The van der Waals surface area contributed by atoms with Gasteiger partial charge in [-0.05, 0) is 30.3 Å². The lowest BCUT2D eigenvalue weighted by Gasteiger charge is -2.12. The summed E-state index contributed by atoms with van der Waals surface area (Å²) in [4.78, 5) is 2.56. The first-order valence-corrected chi connectivity index (χ1v) is 10.7. The number of aromatic nitrogens is 1. The number of halogens is 4. The first-order valence-electron chi connectivity index (χ1n) is 7.38. The summed E-state index contributed by atoms with van der Waals surface area (Å²) in [6.07, 6.45) is 1.49. The van der Waals surface area contributed by atoms with E-state index >= 15 is 0 Å². The Bertz CT molecular complexity index is 1240. The van der Waals surface area contributed by atoms with Crippen molar-refractivity contribution in [3.63, 3.8) is 0 Å². The van der Waals surface area contributed by atoms with E-state index in [0.29, 0.717) is 15.9 Å². The Labute approximate surface area is 162 Å². The number of benzene rings is 2. The van der Waals surface area contributed by atoms with Crippen LogP contribution in [0.5, 0.6) is 0 Å². The predicted molar refractivity (Wildman–Crippen MR) is 99.2 cm³/mol. The number of sulfonamides is 2. The maximum atomic E-state index is 12.5. The molecule has 2 aromatic carbocycles. The number of fused-ring (bicyclic) bond motifs is 1. The number of hydrogen-bond acceptors (Lipinski definition) is 4. The van der Waals surface area contributed by atoms with Crippen molar-refractivity contribution in [3.05, 3.63) is 53.7 Å². The Hall–Kier alpha value is -2.44. The number of rotatable bonds is 5. The first kappa shape index (κ1) is 20.3. The molecule has 0 aliphatic rings. The van der Waals surface area contributed by atoms with Crippen molar-refractivity contribution < 1.29 is 30.0 Å². The summed E-state index contributed by atoms with van der Waals surface area (Å²) >= 11 is 5.99. The van der Waals surface area contributed by atoms with E-state index in [-0.39, 0.29) is 10.6 Å². The van der Waals surface area contributed by atoms with E-state index in [1.165, 1.54) is 17.0 Å². The normalized spacial score (nSPS) is 12.9. The molecule has 1 aromatic heterocycles. The Morgan fingerprint density at radius 3 is 2.18 bits per heavy atom. The molecule has 0 bridgehead atoms. The molecule has 0 radical (unpaired) electrons. The van der Waals surface area contributed by atoms with E-state index in [0.717, 1.165) is 24.3 Å². The Kier molecular flexibility index (Phi) is 4.98. The van der Waals surface area contributed by atoms with Gasteiger partial charge in [0.15, 0.2) is 0 Å². The van der Waals surface area contributed by atoms with Crippen molar-refractivity contribution in [2.45, 2.75) is 10.4 Å². The van der Waals surface area contributed by atoms with Gasteiger partial charge in [-0.3, -0.25) is 9.44 Å². The standard InChI is InChI=1S/C15H11ClF3N3O4S2/c16-12-8-20-14-11(12)2-1-3-13(14)22-27(23,24)10-6-4-9(5-7-10)21-28(25,26)15(17,18)19/h1-8,20-22H. The minimum atomic E-state index is -5.60.